The predicted molar refractivity (Wildman–Crippen MR) is 103 cm³/mol. The van der Waals surface area contributed by atoms with Crippen molar-refractivity contribution in [1.29, 1.82) is 0 Å². The number of nitrogens with one attached hydrogen (secondary N) is 1. The highest BCUT2D eigenvalue weighted by atomic mass is 16.6. The van der Waals surface area contributed by atoms with Gasteiger partial charge in [-0.05, 0) is 45.0 Å². The number of hydrogen-bond donors (Lipinski definition) is 2. The Morgan fingerprint density at radius 2 is 1.68 bits per heavy atom. The number of carbonyl (C=O) groups is 3. The monoisotopic (exact) mass is 393 g/mol. The Morgan fingerprint density at radius 1 is 1.07 bits per heavy atom. The number of carboxylic acid groups (broad SMARTS) is 1. The molecule has 1 aromatic carbocycles. The van der Waals surface area contributed by atoms with Crippen molar-refractivity contribution >= 4 is 23.8 Å². The van der Waals surface area contributed by atoms with E-state index < -0.39 is 17.7 Å². The van der Waals surface area contributed by atoms with Gasteiger partial charge in [0.2, 0.25) is 0 Å². The first-order valence-corrected chi connectivity index (χ1v) is 9.11. The molecule has 0 saturated carbocycles. The maximum absolute atomic E-state index is 12.0. The van der Waals surface area contributed by atoms with Gasteiger partial charge < -0.3 is 19.5 Å². The second-order valence-corrected chi connectivity index (χ2v) is 7.45. The Labute approximate surface area is 164 Å². The SMILES string of the molecule is CC(C)(C)OC(=O)N1CCN(CCOC(=O)Nc2ccc(C(=O)O)cc2)CC1. The number of hydrogen-bond acceptors (Lipinski definition) is 6. The van der Waals surface area contributed by atoms with Gasteiger partial charge in [0.05, 0.1) is 5.56 Å². The van der Waals surface area contributed by atoms with E-state index in [1.54, 1.807) is 4.90 Å². The minimum Gasteiger partial charge on any atom is -0.478 e. The molecular formula is C19H27N3O6. The Bertz CT molecular complexity index is 691. The van der Waals surface area contributed by atoms with Crippen LogP contribution in [0, 0.1) is 0 Å². The number of anilines is 1. The number of amides is 2. The summed E-state index contributed by atoms with van der Waals surface area (Å²) in [4.78, 5) is 38.4. The highest BCUT2D eigenvalue weighted by Gasteiger charge is 2.25. The van der Waals surface area contributed by atoms with Crippen LogP contribution in [0.3, 0.4) is 0 Å². The van der Waals surface area contributed by atoms with E-state index in [9.17, 15) is 14.4 Å². The summed E-state index contributed by atoms with van der Waals surface area (Å²) in [6, 6.07) is 5.81. The van der Waals surface area contributed by atoms with Crippen molar-refractivity contribution in [3.8, 4) is 0 Å². The third kappa shape index (κ3) is 7.07. The lowest BCUT2D eigenvalue weighted by Crippen LogP contribution is -2.50. The molecular weight excluding hydrogens is 366 g/mol. The molecule has 1 saturated heterocycles. The lowest BCUT2D eigenvalue weighted by molar-refractivity contribution is 0.0132. The lowest BCUT2D eigenvalue weighted by atomic mass is 10.2. The van der Waals surface area contributed by atoms with Crippen LogP contribution in [0.25, 0.3) is 0 Å². The van der Waals surface area contributed by atoms with Crippen LogP contribution in [-0.4, -0.2) is 78.0 Å². The molecule has 28 heavy (non-hydrogen) atoms. The highest BCUT2D eigenvalue weighted by Crippen LogP contribution is 2.12. The van der Waals surface area contributed by atoms with Crippen molar-refractivity contribution in [3.63, 3.8) is 0 Å². The maximum Gasteiger partial charge on any atom is 0.411 e. The molecule has 1 aliphatic rings. The molecule has 1 aliphatic heterocycles. The van der Waals surface area contributed by atoms with E-state index >= 15 is 0 Å². The maximum atomic E-state index is 12.0. The van der Waals surface area contributed by atoms with Gasteiger partial charge in [-0.15, -0.1) is 0 Å². The van der Waals surface area contributed by atoms with Gasteiger partial charge in [-0.25, -0.2) is 14.4 Å². The smallest absolute Gasteiger partial charge is 0.411 e. The molecule has 0 aliphatic carbocycles. The molecule has 9 nitrogen and oxygen atoms in total. The summed E-state index contributed by atoms with van der Waals surface area (Å²) in [7, 11) is 0. The Kier molecular flexibility index (Phi) is 7.22. The Hall–Kier alpha value is -2.81. The molecule has 1 fully saturated rings. The van der Waals surface area contributed by atoms with Crippen molar-refractivity contribution in [2.45, 2.75) is 26.4 Å². The third-order valence-corrected chi connectivity index (χ3v) is 4.04. The van der Waals surface area contributed by atoms with Crippen molar-refractivity contribution in [2.75, 3.05) is 44.6 Å². The van der Waals surface area contributed by atoms with Gasteiger partial charge in [-0.3, -0.25) is 10.2 Å². The quantitative estimate of drug-likeness (QED) is 0.791. The topological polar surface area (TPSA) is 108 Å². The lowest BCUT2D eigenvalue weighted by Gasteiger charge is -2.35. The van der Waals surface area contributed by atoms with Crippen LogP contribution >= 0.6 is 0 Å². The summed E-state index contributed by atoms with van der Waals surface area (Å²) in [5.74, 6) is -1.03. The number of nitrogens with zero attached hydrogens (tertiary/aromatic N) is 2. The largest absolute Gasteiger partial charge is 0.478 e. The Morgan fingerprint density at radius 3 is 2.21 bits per heavy atom. The molecule has 0 radical (unpaired) electrons. The molecule has 0 spiro atoms. The number of aromatic carboxylic acids is 1. The van der Waals surface area contributed by atoms with Crippen LogP contribution in [-0.2, 0) is 9.47 Å². The van der Waals surface area contributed by atoms with E-state index in [4.69, 9.17) is 14.6 Å². The number of ether oxygens (including phenoxy) is 2. The van der Waals surface area contributed by atoms with E-state index in [1.807, 2.05) is 20.8 Å². The summed E-state index contributed by atoms with van der Waals surface area (Å²) in [5, 5.41) is 11.4. The van der Waals surface area contributed by atoms with Gasteiger partial charge >= 0.3 is 18.2 Å². The number of carboxylic acids is 1. The first-order valence-electron chi connectivity index (χ1n) is 9.11. The molecule has 154 valence electrons. The first-order chi connectivity index (χ1) is 13.1. The van der Waals surface area contributed by atoms with E-state index in [2.05, 4.69) is 10.2 Å². The summed E-state index contributed by atoms with van der Waals surface area (Å²) in [5.41, 5.74) is 0.0917. The van der Waals surface area contributed by atoms with E-state index in [0.29, 0.717) is 38.4 Å². The van der Waals surface area contributed by atoms with E-state index in [-0.39, 0.29) is 18.3 Å². The molecule has 0 aromatic heterocycles. The van der Waals surface area contributed by atoms with Crippen LogP contribution in [0.15, 0.2) is 24.3 Å². The summed E-state index contributed by atoms with van der Waals surface area (Å²) in [6.45, 7) is 8.78. The second-order valence-electron chi connectivity index (χ2n) is 7.45. The van der Waals surface area contributed by atoms with Gasteiger partial charge in [0.15, 0.2) is 0 Å². The summed E-state index contributed by atoms with van der Waals surface area (Å²) >= 11 is 0. The van der Waals surface area contributed by atoms with Crippen LogP contribution in [0.1, 0.15) is 31.1 Å². The number of piperazine rings is 1. The van der Waals surface area contributed by atoms with Gasteiger partial charge in [0.1, 0.15) is 12.2 Å². The number of carbonyl (C=O) groups excluding carboxylic acids is 2. The first kappa shape index (κ1) is 21.5. The fourth-order valence-electron chi connectivity index (χ4n) is 2.60. The normalized spacial score (nSPS) is 15.0. The second kappa shape index (κ2) is 9.41. The zero-order valence-electron chi connectivity index (χ0n) is 16.4. The summed E-state index contributed by atoms with van der Waals surface area (Å²) < 4.78 is 10.5. The third-order valence-electron chi connectivity index (χ3n) is 4.04. The van der Waals surface area contributed by atoms with E-state index in [0.717, 1.165) is 0 Å². The standard InChI is InChI=1S/C19H27N3O6/c1-19(2,3)28-18(26)22-10-8-21(9-11-22)12-13-27-17(25)20-15-6-4-14(5-7-15)16(23)24/h4-7H,8-13H2,1-3H3,(H,20,25)(H,23,24). The van der Waals surface area contributed by atoms with Crippen molar-refractivity contribution in [2.24, 2.45) is 0 Å². The molecule has 2 N–H and O–H groups in total. The van der Waals surface area contributed by atoms with Crippen molar-refractivity contribution in [1.82, 2.24) is 9.80 Å². The predicted octanol–water partition coefficient (Wildman–Crippen LogP) is 2.49. The average molecular weight is 393 g/mol. The number of benzene rings is 1. The van der Waals surface area contributed by atoms with Crippen molar-refractivity contribution < 1.29 is 29.0 Å². The summed E-state index contributed by atoms with van der Waals surface area (Å²) in [6.07, 6.45) is -0.910. The zero-order chi connectivity index (χ0) is 20.7. The van der Waals surface area contributed by atoms with Gasteiger partial charge in [0, 0.05) is 38.4 Å². The van der Waals surface area contributed by atoms with Crippen molar-refractivity contribution in [3.05, 3.63) is 29.8 Å². The van der Waals surface area contributed by atoms with Crippen LogP contribution in [0.4, 0.5) is 15.3 Å². The minimum absolute atomic E-state index is 0.143. The fourth-order valence-corrected chi connectivity index (χ4v) is 2.60. The van der Waals surface area contributed by atoms with Crippen LogP contribution in [0.5, 0.6) is 0 Å². The molecule has 0 atom stereocenters. The molecule has 2 amide bonds. The van der Waals surface area contributed by atoms with Gasteiger partial charge in [0.25, 0.3) is 0 Å². The Balaban J connectivity index is 1.65. The number of rotatable bonds is 5. The zero-order valence-corrected chi connectivity index (χ0v) is 16.4. The molecule has 1 aromatic rings. The molecule has 0 bridgehead atoms. The van der Waals surface area contributed by atoms with Crippen LogP contribution in [0.2, 0.25) is 0 Å². The van der Waals surface area contributed by atoms with Gasteiger partial charge in [-0.2, -0.15) is 0 Å². The van der Waals surface area contributed by atoms with Crippen LogP contribution < -0.4 is 5.32 Å². The fraction of sp³-hybridized carbons (Fsp3) is 0.526. The van der Waals surface area contributed by atoms with E-state index in [1.165, 1.54) is 24.3 Å². The highest BCUT2D eigenvalue weighted by molar-refractivity contribution is 5.89. The minimum atomic E-state index is -1.03. The average Bonchev–Trinajstić information content (AvgIpc) is 2.61. The molecule has 2 rings (SSSR count). The molecule has 9 heteroatoms. The molecule has 0 unspecified atom stereocenters. The molecule has 1 heterocycles. The van der Waals surface area contributed by atoms with Gasteiger partial charge in [-0.1, -0.05) is 0 Å².